The smallest absolute Gasteiger partial charge is 0.317 e. The number of nitrogens with zero attached hydrogens (tertiary/aromatic N) is 1. The molecule has 0 bridgehead atoms. The number of nitrogens with one attached hydrogen (secondary N) is 1. The van der Waals surface area contributed by atoms with Crippen LogP contribution in [0, 0.1) is 5.92 Å². The highest BCUT2D eigenvalue weighted by atomic mass is 16.2. The fourth-order valence-electron chi connectivity index (χ4n) is 1.52. The Morgan fingerprint density at radius 3 is 2.67 bits per heavy atom. The fourth-order valence-corrected chi connectivity index (χ4v) is 1.52. The van der Waals surface area contributed by atoms with Crippen LogP contribution in [0.5, 0.6) is 0 Å². The number of urea groups is 1. The number of hydrogen-bond acceptors (Lipinski definition) is 1. The fraction of sp³-hybridized carbons (Fsp3) is 0.889. The summed E-state index contributed by atoms with van der Waals surface area (Å²) in [6.45, 7) is 8.15. The first-order chi connectivity index (χ1) is 5.66. The summed E-state index contributed by atoms with van der Waals surface area (Å²) >= 11 is 0. The summed E-state index contributed by atoms with van der Waals surface area (Å²) in [7, 11) is 0. The summed E-state index contributed by atoms with van der Waals surface area (Å²) in [5.74, 6) is 0.592. The lowest BCUT2D eigenvalue weighted by Crippen LogP contribution is -2.39. The molecule has 3 nitrogen and oxygen atoms in total. The van der Waals surface area contributed by atoms with Gasteiger partial charge in [-0.05, 0) is 12.8 Å². The molecule has 2 amide bonds. The van der Waals surface area contributed by atoms with Gasteiger partial charge in [-0.2, -0.15) is 0 Å². The molecule has 0 saturated carbocycles. The quantitative estimate of drug-likeness (QED) is 0.683. The first-order valence-corrected chi connectivity index (χ1v) is 4.71. The van der Waals surface area contributed by atoms with Crippen LogP contribution in [0.1, 0.15) is 27.2 Å². The molecule has 0 aromatic heterocycles. The third-order valence-electron chi connectivity index (χ3n) is 2.85. The van der Waals surface area contributed by atoms with Crippen LogP contribution in [0.3, 0.4) is 0 Å². The third-order valence-corrected chi connectivity index (χ3v) is 2.85. The summed E-state index contributed by atoms with van der Waals surface area (Å²) in [6, 6.07) is 0.472. The van der Waals surface area contributed by atoms with Crippen molar-refractivity contribution >= 4 is 6.03 Å². The molecule has 3 heteroatoms. The number of carbonyl (C=O) groups excluding carboxylic acids is 1. The number of hydrogen-bond donors (Lipinski definition) is 1. The van der Waals surface area contributed by atoms with Gasteiger partial charge in [0.15, 0.2) is 0 Å². The van der Waals surface area contributed by atoms with E-state index < -0.39 is 0 Å². The summed E-state index contributed by atoms with van der Waals surface area (Å²) in [5, 5.41) is 2.82. The zero-order chi connectivity index (χ0) is 9.14. The van der Waals surface area contributed by atoms with Crippen LogP contribution in [0.2, 0.25) is 0 Å². The molecule has 0 aliphatic carbocycles. The van der Waals surface area contributed by atoms with Crippen LogP contribution in [0.15, 0.2) is 0 Å². The summed E-state index contributed by atoms with van der Waals surface area (Å²) in [4.78, 5) is 13.2. The Morgan fingerprint density at radius 2 is 2.25 bits per heavy atom. The maximum Gasteiger partial charge on any atom is 0.317 e. The topological polar surface area (TPSA) is 32.3 Å². The molecule has 2 atom stereocenters. The Morgan fingerprint density at radius 1 is 1.58 bits per heavy atom. The zero-order valence-electron chi connectivity index (χ0n) is 8.13. The molecular weight excluding hydrogens is 152 g/mol. The van der Waals surface area contributed by atoms with Gasteiger partial charge < -0.3 is 10.2 Å². The number of amides is 2. The molecule has 1 aliphatic rings. The Kier molecular flexibility index (Phi) is 2.95. The molecule has 0 spiro atoms. The molecule has 12 heavy (non-hydrogen) atoms. The van der Waals surface area contributed by atoms with Crippen LogP contribution in [0.4, 0.5) is 4.79 Å². The summed E-state index contributed by atoms with van der Waals surface area (Å²) < 4.78 is 0. The second-order valence-electron chi connectivity index (χ2n) is 3.55. The Balaban J connectivity index is 2.51. The highest BCUT2D eigenvalue weighted by Crippen LogP contribution is 2.15. The zero-order valence-corrected chi connectivity index (χ0v) is 8.13. The minimum atomic E-state index is 0.0998. The first kappa shape index (κ1) is 9.36. The molecule has 0 aromatic carbocycles. The lowest BCUT2D eigenvalue weighted by molar-refractivity contribution is 0.181. The maximum absolute atomic E-state index is 11.3. The molecule has 1 saturated heterocycles. The lowest BCUT2D eigenvalue weighted by Gasteiger charge is -2.27. The van der Waals surface area contributed by atoms with Crippen molar-refractivity contribution in [2.75, 3.05) is 13.1 Å². The van der Waals surface area contributed by atoms with Crippen molar-refractivity contribution in [1.82, 2.24) is 10.2 Å². The van der Waals surface area contributed by atoms with Gasteiger partial charge in [0.25, 0.3) is 0 Å². The van der Waals surface area contributed by atoms with Crippen molar-refractivity contribution in [1.29, 1.82) is 0 Å². The predicted molar refractivity (Wildman–Crippen MR) is 49.0 cm³/mol. The molecular formula is C9H18N2O. The van der Waals surface area contributed by atoms with E-state index in [2.05, 4.69) is 26.1 Å². The molecule has 1 heterocycles. The minimum Gasteiger partial charge on any atom is -0.336 e. The highest BCUT2D eigenvalue weighted by Gasteiger charge is 2.27. The van der Waals surface area contributed by atoms with E-state index in [1.54, 1.807) is 0 Å². The van der Waals surface area contributed by atoms with Gasteiger partial charge >= 0.3 is 6.03 Å². The van der Waals surface area contributed by atoms with Crippen LogP contribution in [0.25, 0.3) is 0 Å². The van der Waals surface area contributed by atoms with E-state index in [-0.39, 0.29) is 6.03 Å². The van der Waals surface area contributed by atoms with Crippen molar-refractivity contribution in [3.63, 3.8) is 0 Å². The standard InChI is InChI=1S/C9H18N2O/c1-4-7(2)8(3)11-6-5-10-9(11)12/h7-8H,4-6H2,1-3H3,(H,10,12). The van der Waals surface area contributed by atoms with Gasteiger partial charge in [-0.1, -0.05) is 20.3 Å². The minimum absolute atomic E-state index is 0.0998. The van der Waals surface area contributed by atoms with Crippen LogP contribution >= 0.6 is 0 Å². The van der Waals surface area contributed by atoms with Crippen LogP contribution < -0.4 is 5.32 Å². The van der Waals surface area contributed by atoms with E-state index in [0.717, 1.165) is 19.5 Å². The van der Waals surface area contributed by atoms with Gasteiger partial charge in [-0.15, -0.1) is 0 Å². The van der Waals surface area contributed by atoms with E-state index in [1.165, 1.54) is 0 Å². The lowest BCUT2D eigenvalue weighted by atomic mass is 10.00. The number of rotatable bonds is 3. The average Bonchev–Trinajstić information content (AvgIpc) is 2.48. The third kappa shape index (κ3) is 1.71. The second kappa shape index (κ2) is 3.78. The van der Waals surface area contributed by atoms with Crippen molar-refractivity contribution in [3.05, 3.63) is 0 Å². The van der Waals surface area contributed by atoms with Gasteiger partial charge in [0, 0.05) is 19.1 Å². The highest BCUT2D eigenvalue weighted by molar-refractivity contribution is 5.76. The van der Waals surface area contributed by atoms with E-state index >= 15 is 0 Å². The van der Waals surface area contributed by atoms with Crippen LogP contribution in [-0.2, 0) is 0 Å². The Hall–Kier alpha value is -0.730. The molecule has 0 aromatic rings. The largest absolute Gasteiger partial charge is 0.336 e. The van der Waals surface area contributed by atoms with Crippen molar-refractivity contribution in [3.8, 4) is 0 Å². The molecule has 1 aliphatic heterocycles. The van der Waals surface area contributed by atoms with E-state index in [0.29, 0.717) is 12.0 Å². The van der Waals surface area contributed by atoms with E-state index in [9.17, 15) is 4.79 Å². The molecule has 1 fully saturated rings. The predicted octanol–water partition coefficient (Wildman–Crippen LogP) is 1.45. The van der Waals surface area contributed by atoms with Gasteiger partial charge in [-0.3, -0.25) is 0 Å². The molecule has 1 N–H and O–H groups in total. The Bertz CT molecular complexity index is 170. The molecule has 1 rings (SSSR count). The summed E-state index contributed by atoms with van der Waals surface area (Å²) in [6.07, 6.45) is 1.13. The van der Waals surface area contributed by atoms with Crippen molar-refractivity contribution < 1.29 is 4.79 Å². The van der Waals surface area contributed by atoms with Crippen molar-refractivity contribution in [2.24, 2.45) is 5.92 Å². The number of carbonyl (C=O) groups is 1. The van der Waals surface area contributed by atoms with Gasteiger partial charge in [0.2, 0.25) is 0 Å². The first-order valence-electron chi connectivity index (χ1n) is 4.71. The maximum atomic E-state index is 11.3. The monoisotopic (exact) mass is 170 g/mol. The second-order valence-corrected chi connectivity index (χ2v) is 3.55. The van der Waals surface area contributed by atoms with Crippen LogP contribution in [-0.4, -0.2) is 30.1 Å². The Labute approximate surface area is 74.1 Å². The molecule has 0 radical (unpaired) electrons. The van der Waals surface area contributed by atoms with Gasteiger partial charge in [0.1, 0.15) is 0 Å². The molecule has 70 valence electrons. The van der Waals surface area contributed by atoms with Gasteiger partial charge in [-0.25, -0.2) is 4.79 Å². The SMILES string of the molecule is CCC(C)C(C)N1CCNC1=O. The molecule has 2 unspecified atom stereocenters. The van der Waals surface area contributed by atoms with E-state index in [4.69, 9.17) is 0 Å². The summed E-state index contributed by atoms with van der Waals surface area (Å²) in [5.41, 5.74) is 0. The average molecular weight is 170 g/mol. The van der Waals surface area contributed by atoms with Crippen molar-refractivity contribution in [2.45, 2.75) is 33.2 Å². The normalized spacial score (nSPS) is 22.2. The van der Waals surface area contributed by atoms with Gasteiger partial charge in [0.05, 0.1) is 0 Å². The van der Waals surface area contributed by atoms with E-state index in [1.807, 2.05) is 4.90 Å².